The van der Waals surface area contributed by atoms with E-state index in [-0.39, 0.29) is 12.1 Å². The molecule has 1 saturated carbocycles. The molecule has 0 heterocycles. The number of aliphatic hydroxyl groups is 1. The Balaban J connectivity index is 2.03. The van der Waals surface area contributed by atoms with Gasteiger partial charge in [-0.05, 0) is 43.7 Å². The van der Waals surface area contributed by atoms with Crippen LogP contribution in [0.25, 0.3) is 0 Å². The Hall–Kier alpha value is -0.860. The van der Waals surface area contributed by atoms with E-state index in [0.717, 1.165) is 12.5 Å². The number of benzene rings is 1. The third kappa shape index (κ3) is 2.83. The maximum Gasteiger partial charge on any atom is 0.0607 e. The minimum absolute atomic E-state index is 0.165. The molecule has 2 nitrogen and oxygen atoms in total. The molecule has 2 rings (SSSR count). The van der Waals surface area contributed by atoms with Crippen molar-refractivity contribution in [1.82, 2.24) is 5.32 Å². The monoisotopic (exact) mass is 219 g/mol. The van der Waals surface area contributed by atoms with E-state index in [1.54, 1.807) is 0 Å². The summed E-state index contributed by atoms with van der Waals surface area (Å²) in [6.45, 7) is 5.05. The summed E-state index contributed by atoms with van der Waals surface area (Å²) in [4.78, 5) is 0. The summed E-state index contributed by atoms with van der Waals surface area (Å²) in [7, 11) is 0. The van der Waals surface area contributed by atoms with E-state index in [4.69, 9.17) is 0 Å². The zero-order valence-corrected chi connectivity index (χ0v) is 10.2. The molecule has 88 valence electrons. The average Bonchev–Trinajstić information content (AvgIpc) is 3.11. The number of rotatable bonds is 5. The molecule has 1 fully saturated rings. The van der Waals surface area contributed by atoms with Gasteiger partial charge in [0.05, 0.1) is 6.61 Å². The zero-order chi connectivity index (χ0) is 11.6. The maximum atomic E-state index is 9.20. The maximum absolute atomic E-state index is 9.20. The minimum Gasteiger partial charge on any atom is -0.394 e. The summed E-state index contributed by atoms with van der Waals surface area (Å²) >= 11 is 0. The van der Waals surface area contributed by atoms with Crippen molar-refractivity contribution in [3.05, 3.63) is 35.4 Å². The van der Waals surface area contributed by atoms with Gasteiger partial charge in [-0.2, -0.15) is 0 Å². The molecule has 0 saturated heterocycles. The fourth-order valence-electron chi connectivity index (χ4n) is 1.88. The third-order valence-electron chi connectivity index (χ3n) is 3.22. The molecule has 0 unspecified atom stereocenters. The van der Waals surface area contributed by atoms with Crippen molar-refractivity contribution in [2.24, 2.45) is 0 Å². The molecule has 1 aliphatic rings. The van der Waals surface area contributed by atoms with E-state index in [1.807, 2.05) is 13.8 Å². The predicted octanol–water partition coefficient (Wildman–Crippen LogP) is 2.42. The van der Waals surface area contributed by atoms with E-state index >= 15 is 0 Å². The summed E-state index contributed by atoms with van der Waals surface area (Å²) in [6, 6.07) is 8.64. The molecule has 1 aromatic carbocycles. The van der Waals surface area contributed by atoms with E-state index in [0.29, 0.717) is 0 Å². The molecule has 1 aliphatic carbocycles. The lowest BCUT2D eigenvalue weighted by Crippen LogP contribution is -2.42. The van der Waals surface area contributed by atoms with Gasteiger partial charge in [0.25, 0.3) is 0 Å². The highest BCUT2D eigenvalue weighted by Gasteiger charge is 2.26. The smallest absolute Gasteiger partial charge is 0.0607 e. The Morgan fingerprint density at radius 1 is 1.31 bits per heavy atom. The Kier molecular flexibility index (Phi) is 3.31. The molecule has 0 amide bonds. The van der Waals surface area contributed by atoms with Gasteiger partial charge >= 0.3 is 0 Å². The molecule has 2 N–H and O–H groups in total. The molecule has 0 spiro atoms. The van der Waals surface area contributed by atoms with E-state index in [9.17, 15) is 5.11 Å². The summed E-state index contributed by atoms with van der Waals surface area (Å²) < 4.78 is 0. The number of hydrogen-bond donors (Lipinski definition) is 2. The first-order chi connectivity index (χ1) is 7.62. The fourth-order valence-corrected chi connectivity index (χ4v) is 1.88. The van der Waals surface area contributed by atoms with Gasteiger partial charge in [0.15, 0.2) is 0 Å². The van der Waals surface area contributed by atoms with Crippen molar-refractivity contribution < 1.29 is 5.11 Å². The van der Waals surface area contributed by atoms with Gasteiger partial charge in [-0.3, -0.25) is 0 Å². The molecule has 0 radical (unpaired) electrons. The predicted molar refractivity (Wildman–Crippen MR) is 66.4 cm³/mol. The van der Waals surface area contributed by atoms with E-state index in [1.165, 1.54) is 24.0 Å². The van der Waals surface area contributed by atoms with Crippen molar-refractivity contribution >= 4 is 0 Å². The van der Waals surface area contributed by atoms with Gasteiger partial charge in [-0.1, -0.05) is 24.3 Å². The summed E-state index contributed by atoms with van der Waals surface area (Å²) in [6.07, 6.45) is 2.67. The number of hydrogen-bond acceptors (Lipinski definition) is 2. The summed E-state index contributed by atoms with van der Waals surface area (Å²) in [5.74, 6) is 0.787. The highest BCUT2D eigenvalue weighted by molar-refractivity contribution is 5.33. The highest BCUT2D eigenvalue weighted by Crippen LogP contribution is 2.41. The lowest BCUT2D eigenvalue weighted by atomic mass is 10.0. The molecular formula is C14H21NO. The normalized spacial score (nSPS) is 16.4. The zero-order valence-electron chi connectivity index (χ0n) is 10.2. The van der Waals surface area contributed by atoms with Crippen LogP contribution in [0.4, 0.5) is 0 Å². The van der Waals surface area contributed by atoms with Gasteiger partial charge in [0.2, 0.25) is 0 Å². The van der Waals surface area contributed by atoms with E-state index in [2.05, 4.69) is 29.6 Å². The van der Waals surface area contributed by atoms with Gasteiger partial charge in [-0.15, -0.1) is 0 Å². The topological polar surface area (TPSA) is 32.3 Å². The van der Waals surface area contributed by atoms with Crippen LogP contribution in [0.1, 0.15) is 43.7 Å². The van der Waals surface area contributed by atoms with Crippen LogP contribution in [-0.4, -0.2) is 17.3 Å². The minimum atomic E-state index is -0.198. The molecule has 1 aromatic rings. The quantitative estimate of drug-likeness (QED) is 0.797. The molecule has 16 heavy (non-hydrogen) atoms. The Labute approximate surface area is 97.7 Å². The second-order valence-electron chi connectivity index (χ2n) is 5.37. The van der Waals surface area contributed by atoms with Crippen LogP contribution in [0.2, 0.25) is 0 Å². The van der Waals surface area contributed by atoms with Gasteiger partial charge < -0.3 is 10.4 Å². The Bertz CT molecular complexity index is 356. The highest BCUT2D eigenvalue weighted by atomic mass is 16.3. The molecule has 0 atom stereocenters. The van der Waals surface area contributed by atoms with E-state index < -0.39 is 0 Å². The SMILES string of the molecule is CC(C)(CO)NCc1ccccc1C1CC1. The Morgan fingerprint density at radius 3 is 2.62 bits per heavy atom. The van der Waals surface area contributed by atoms with Crippen molar-refractivity contribution in [2.45, 2.75) is 44.7 Å². The number of nitrogens with one attached hydrogen (secondary N) is 1. The average molecular weight is 219 g/mol. The van der Waals surface area contributed by atoms with Crippen molar-refractivity contribution in [3.63, 3.8) is 0 Å². The standard InChI is InChI=1S/C14H21NO/c1-14(2,10-16)15-9-12-5-3-4-6-13(12)11-7-8-11/h3-6,11,15-16H,7-10H2,1-2H3. The second kappa shape index (κ2) is 4.56. The van der Waals surface area contributed by atoms with Gasteiger partial charge in [0.1, 0.15) is 0 Å². The third-order valence-corrected chi connectivity index (χ3v) is 3.22. The molecule has 0 bridgehead atoms. The first kappa shape index (κ1) is 11.6. The first-order valence-electron chi connectivity index (χ1n) is 6.06. The Morgan fingerprint density at radius 2 is 2.00 bits per heavy atom. The van der Waals surface area contributed by atoms with Crippen molar-refractivity contribution in [1.29, 1.82) is 0 Å². The van der Waals surface area contributed by atoms with Crippen LogP contribution < -0.4 is 5.32 Å². The lowest BCUT2D eigenvalue weighted by Gasteiger charge is -2.24. The van der Waals surface area contributed by atoms with Crippen LogP contribution in [0.5, 0.6) is 0 Å². The van der Waals surface area contributed by atoms with Crippen molar-refractivity contribution in [2.75, 3.05) is 6.61 Å². The number of aliphatic hydroxyl groups excluding tert-OH is 1. The fraction of sp³-hybridized carbons (Fsp3) is 0.571. The van der Waals surface area contributed by atoms with Crippen LogP contribution in [0.3, 0.4) is 0 Å². The summed E-state index contributed by atoms with van der Waals surface area (Å²) in [5.41, 5.74) is 2.67. The molecular weight excluding hydrogens is 198 g/mol. The van der Waals surface area contributed by atoms with Crippen LogP contribution in [-0.2, 0) is 6.54 Å². The largest absolute Gasteiger partial charge is 0.394 e. The lowest BCUT2D eigenvalue weighted by molar-refractivity contribution is 0.187. The van der Waals surface area contributed by atoms with Crippen LogP contribution in [0.15, 0.2) is 24.3 Å². The summed E-state index contributed by atoms with van der Waals surface area (Å²) in [5, 5.41) is 12.6. The van der Waals surface area contributed by atoms with Crippen LogP contribution >= 0.6 is 0 Å². The van der Waals surface area contributed by atoms with Crippen molar-refractivity contribution in [3.8, 4) is 0 Å². The molecule has 0 aromatic heterocycles. The van der Waals surface area contributed by atoms with Gasteiger partial charge in [-0.25, -0.2) is 0 Å². The first-order valence-corrected chi connectivity index (χ1v) is 6.06. The molecule has 2 heteroatoms. The second-order valence-corrected chi connectivity index (χ2v) is 5.37. The molecule has 0 aliphatic heterocycles. The van der Waals surface area contributed by atoms with Gasteiger partial charge in [0, 0.05) is 12.1 Å². The van der Waals surface area contributed by atoms with Crippen LogP contribution in [0, 0.1) is 0 Å².